The summed E-state index contributed by atoms with van der Waals surface area (Å²) in [5.41, 5.74) is 0.367. The maximum absolute atomic E-state index is 12.6. The van der Waals surface area contributed by atoms with Crippen LogP contribution in [0.3, 0.4) is 0 Å². The first-order valence-electron chi connectivity index (χ1n) is 8.72. The van der Waals surface area contributed by atoms with E-state index in [1.54, 1.807) is 0 Å². The van der Waals surface area contributed by atoms with Crippen molar-refractivity contribution in [3.8, 4) is 0 Å². The molecular formula is C17H22N4O6. The summed E-state index contributed by atoms with van der Waals surface area (Å²) in [6.45, 7) is 0.752. The van der Waals surface area contributed by atoms with Crippen molar-refractivity contribution in [2.24, 2.45) is 0 Å². The second-order valence-corrected chi connectivity index (χ2v) is 6.09. The van der Waals surface area contributed by atoms with Crippen LogP contribution in [0.25, 0.3) is 0 Å². The van der Waals surface area contributed by atoms with Crippen LogP contribution in [0.1, 0.15) is 53.0 Å². The highest BCUT2D eigenvalue weighted by molar-refractivity contribution is 5.95. The molecule has 0 atom stereocenters. The number of esters is 1. The van der Waals surface area contributed by atoms with Gasteiger partial charge in [0.2, 0.25) is 12.5 Å². The molecule has 1 fully saturated rings. The van der Waals surface area contributed by atoms with Crippen molar-refractivity contribution in [1.82, 2.24) is 15.0 Å². The second kappa shape index (κ2) is 9.60. The van der Waals surface area contributed by atoms with E-state index in [1.807, 2.05) is 0 Å². The molecular weight excluding hydrogens is 356 g/mol. The number of nitrogens with zero attached hydrogens (tertiary/aromatic N) is 4. The lowest BCUT2D eigenvalue weighted by molar-refractivity contribution is -0.480. The fourth-order valence-corrected chi connectivity index (χ4v) is 2.80. The van der Waals surface area contributed by atoms with Crippen molar-refractivity contribution in [3.05, 3.63) is 39.7 Å². The Morgan fingerprint density at radius 3 is 2.56 bits per heavy atom. The number of carbonyl (C=O) groups excluding carboxylic acids is 3. The van der Waals surface area contributed by atoms with E-state index in [2.05, 4.69) is 9.72 Å². The number of methoxy groups -OCH3 is 1. The molecule has 10 heteroatoms. The van der Waals surface area contributed by atoms with Gasteiger partial charge < -0.3 is 4.74 Å². The lowest BCUT2D eigenvalue weighted by Gasteiger charge is -2.27. The predicted octanol–water partition coefficient (Wildman–Crippen LogP) is 1.29. The lowest BCUT2D eigenvalue weighted by Crippen LogP contribution is -2.45. The smallest absolute Gasteiger partial charge is 0.339 e. The van der Waals surface area contributed by atoms with E-state index in [0.29, 0.717) is 38.8 Å². The van der Waals surface area contributed by atoms with Crippen LogP contribution in [0.15, 0.2) is 18.3 Å². The Bertz CT molecular complexity index is 706. The van der Waals surface area contributed by atoms with E-state index < -0.39 is 11.9 Å². The minimum Gasteiger partial charge on any atom is -0.465 e. The number of nitro groups is 1. The highest BCUT2D eigenvalue weighted by Gasteiger charge is 2.31. The molecule has 146 valence electrons. The van der Waals surface area contributed by atoms with E-state index in [9.17, 15) is 24.5 Å². The van der Waals surface area contributed by atoms with Gasteiger partial charge in [0.1, 0.15) is 5.69 Å². The van der Waals surface area contributed by atoms with Crippen LogP contribution in [-0.2, 0) is 9.53 Å². The minimum atomic E-state index is -0.545. The molecule has 0 saturated carbocycles. The standard InChI is InChI=1S/C17H22N4O6/c1-27-17(24)13-7-8-14(18-12-13)16(23)20-10-5-9-19(20)15(22)6-3-2-4-11-21(25)26/h7-8,12H,2-6,9-11H2,1H3. The number of hydrogen-bond acceptors (Lipinski definition) is 7. The van der Waals surface area contributed by atoms with Crippen molar-refractivity contribution < 1.29 is 24.0 Å². The second-order valence-electron chi connectivity index (χ2n) is 6.09. The summed E-state index contributed by atoms with van der Waals surface area (Å²) in [5.74, 6) is -1.14. The van der Waals surface area contributed by atoms with Crippen LogP contribution in [0.4, 0.5) is 0 Å². The molecule has 0 radical (unpaired) electrons. The predicted molar refractivity (Wildman–Crippen MR) is 93.3 cm³/mol. The number of hydrogen-bond donors (Lipinski definition) is 0. The zero-order chi connectivity index (χ0) is 19.8. The Morgan fingerprint density at radius 1 is 1.19 bits per heavy atom. The molecule has 2 rings (SSSR count). The normalized spacial score (nSPS) is 13.5. The summed E-state index contributed by atoms with van der Waals surface area (Å²) in [7, 11) is 1.26. The van der Waals surface area contributed by atoms with Crippen molar-refractivity contribution in [2.45, 2.75) is 32.1 Å². The number of pyridine rings is 1. The number of unbranched alkanes of at least 4 members (excludes halogenated alkanes) is 2. The van der Waals surface area contributed by atoms with Gasteiger partial charge in [-0.1, -0.05) is 0 Å². The van der Waals surface area contributed by atoms with Gasteiger partial charge in [-0.2, -0.15) is 0 Å². The Labute approximate surface area is 156 Å². The van der Waals surface area contributed by atoms with Gasteiger partial charge in [-0.25, -0.2) is 9.80 Å². The van der Waals surface area contributed by atoms with E-state index >= 15 is 0 Å². The van der Waals surface area contributed by atoms with Crippen molar-refractivity contribution in [2.75, 3.05) is 26.7 Å². The highest BCUT2D eigenvalue weighted by Crippen LogP contribution is 2.17. The molecule has 0 unspecified atom stereocenters. The van der Waals surface area contributed by atoms with Gasteiger partial charge in [0, 0.05) is 37.1 Å². The van der Waals surface area contributed by atoms with Crippen LogP contribution in [-0.4, -0.2) is 64.5 Å². The van der Waals surface area contributed by atoms with Crippen LogP contribution in [0.5, 0.6) is 0 Å². The number of ether oxygens (including phenoxy) is 1. The van der Waals surface area contributed by atoms with Crippen molar-refractivity contribution in [3.63, 3.8) is 0 Å². The summed E-state index contributed by atoms with van der Waals surface area (Å²) < 4.78 is 4.59. The van der Waals surface area contributed by atoms with E-state index in [1.165, 1.54) is 35.5 Å². The average Bonchev–Trinajstić information content (AvgIpc) is 3.16. The molecule has 1 saturated heterocycles. The number of hydrazine groups is 1. The lowest BCUT2D eigenvalue weighted by atomic mass is 10.2. The Kier molecular flexibility index (Phi) is 7.21. The number of carbonyl (C=O) groups is 3. The molecule has 10 nitrogen and oxygen atoms in total. The molecule has 27 heavy (non-hydrogen) atoms. The van der Waals surface area contributed by atoms with Crippen LogP contribution in [0.2, 0.25) is 0 Å². The molecule has 0 bridgehead atoms. The van der Waals surface area contributed by atoms with Gasteiger partial charge in [0.25, 0.3) is 5.91 Å². The molecule has 0 spiro atoms. The highest BCUT2D eigenvalue weighted by atomic mass is 16.6. The third kappa shape index (κ3) is 5.47. The molecule has 1 aliphatic heterocycles. The Morgan fingerprint density at radius 2 is 1.93 bits per heavy atom. The first kappa shape index (κ1) is 20.3. The Hall–Kier alpha value is -3.04. The fourth-order valence-electron chi connectivity index (χ4n) is 2.80. The Balaban J connectivity index is 1.92. The van der Waals surface area contributed by atoms with Crippen molar-refractivity contribution in [1.29, 1.82) is 0 Å². The average molecular weight is 378 g/mol. The molecule has 0 aliphatic carbocycles. The van der Waals surface area contributed by atoms with Crippen molar-refractivity contribution >= 4 is 17.8 Å². The fraction of sp³-hybridized carbons (Fsp3) is 0.529. The van der Waals surface area contributed by atoms with E-state index in [-0.39, 0.29) is 35.1 Å². The zero-order valence-electron chi connectivity index (χ0n) is 15.1. The number of rotatable bonds is 8. The van der Waals surface area contributed by atoms with E-state index in [4.69, 9.17) is 0 Å². The van der Waals surface area contributed by atoms with Gasteiger partial charge in [0.05, 0.1) is 12.7 Å². The summed E-state index contributed by atoms with van der Waals surface area (Å²) in [6.07, 6.45) is 3.72. The largest absolute Gasteiger partial charge is 0.465 e. The summed E-state index contributed by atoms with van der Waals surface area (Å²) in [4.78, 5) is 50.4. The monoisotopic (exact) mass is 378 g/mol. The van der Waals surface area contributed by atoms with Gasteiger partial charge >= 0.3 is 5.97 Å². The quantitative estimate of drug-likeness (QED) is 0.289. The third-order valence-corrected chi connectivity index (χ3v) is 4.19. The maximum Gasteiger partial charge on any atom is 0.339 e. The van der Waals surface area contributed by atoms with Gasteiger partial charge in [0.15, 0.2) is 0 Å². The first-order chi connectivity index (χ1) is 12.9. The molecule has 2 heterocycles. The van der Waals surface area contributed by atoms with Gasteiger partial charge in [-0.05, 0) is 31.4 Å². The summed E-state index contributed by atoms with van der Waals surface area (Å²) >= 11 is 0. The summed E-state index contributed by atoms with van der Waals surface area (Å²) in [5, 5.41) is 13.1. The number of amides is 2. The summed E-state index contributed by atoms with van der Waals surface area (Å²) in [6, 6.07) is 2.87. The van der Waals surface area contributed by atoms with Crippen LogP contribution in [0, 0.1) is 10.1 Å². The molecule has 1 aromatic heterocycles. The van der Waals surface area contributed by atoms with E-state index in [0.717, 1.165) is 0 Å². The molecule has 1 aromatic rings. The molecule has 1 aliphatic rings. The topological polar surface area (TPSA) is 123 Å². The first-order valence-corrected chi connectivity index (χ1v) is 8.72. The maximum atomic E-state index is 12.6. The third-order valence-electron chi connectivity index (χ3n) is 4.19. The zero-order valence-corrected chi connectivity index (χ0v) is 15.1. The van der Waals surface area contributed by atoms with Gasteiger partial charge in [-0.15, -0.1) is 0 Å². The molecule has 0 aromatic carbocycles. The van der Waals surface area contributed by atoms with Gasteiger partial charge in [-0.3, -0.25) is 29.7 Å². The van der Waals surface area contributed by atoms with Crippen LogP contribution < -0.4 is 0 Å². The SMILES string of the molecule is COC(=O)c1ccc(C(=O)N2CCCN2C(=O)CCCCC[N+](=O)[O-])nc1. The molecule has 2 amide bonds. The molecule has 0 N–H and O–H groups in total. The number of aromatic nitrogens is 1. The minimum absolute atomic E-state index is 0.101. The van der Waals surface area contributed by atoms with Crippen LogP contribution >= 0.6 is 0 Å².